The lowest BCUT2D eigenvalue weighted by atomic mass is 10.1. The molecule has 2 rings (SSSR count). The first kappa shape index (κ1) is 31.2. The van der Waals surface area contributed by atoms with Gasteiger partial charge in [0.2, 0.25) is 0 Å². The molecule has 1 fully saturated rings. The van der Waals surface area contributed by atoms with Crippen LogP contribution in [0.15, 0.2) is 36.4 Å². The topological polar surface area (TPSA) is 188 Å². The number of likely N-dealkylation sites (tertiary alicyclic amines) is 1. The number of carbonyl (C=O) groups is 4. The molecule has 35 heavy (non-hydrogen) atoms. The van der Waals surface area contributed by atoms with Crippen LogP contribution in [0.3, 0.4) is 0 Å². The number of benzene rings is 1. The number of rotatable bonds is 9. The van der Waals surface area contributed by atoms with Gasteiger partial charge in [-0.05, 0) is 38.4 Å². The molecule has 0 amide bonds. The Morgan fingerprint density at radius 1 is 0.971 bits per heavy atom. The molecule has 0 aliphatic carbocycles. The largest absolute Gasteiger partial charge is 0.493 e. The fourth-order valence-corrected chi connectivity index (χ4v) is 2.76. The molecule has 1 aliphatic heterocycles. The minimum atomic E-state index is -1.26. The smallest absolute Gasteiger partial charge is 0.328 e. The first-order chi connectivity index (χ1) is 16.4. The first-order valence-corrected chi connectivity index (χ1v) is 10.2. The minimum Gasteiger partial charge on any atom is -0.493 e. The monoisotopic (exact) mass is 502 g/mol. The average molecular weight is 502 g/mol. The number of nitrogens with zero attached hydrogens (tertiary/aromatic N) is 1. The van der Waals surface area contributed by atoms with Gasteiger partial charge in [0.25, 0.3) is 0 Å². The van der Waals surface area contributed by atoms with E-state index in [2.05, 4.69) is 4.90 Å². The molecule has 0 unspecified atom stereocenters. The second-order valence-electron chi connectivity index (χ2n) is 6.95. The number of nitrogens with two attached hydrogens (primary N) is 1. The van der Waals surface area contributed by atoms with Crippen LogP contribution in [0.1, 0.15) is 18.9 Å². The highest BCUT2D eigenvalue weighted by molar-refractivity contribution is 5.90. The van der Waals surface area contributed by atoms with Crippen LogP contribution >= 0.6 is 0 Å². The maximum Gasteiger partial charge on any atom is 0.328 e. The summed E-state index contributed by atoms with van der Waals surface area (Å²) in [6.45, 7) is 5.35. The molecule has 1 saturated heterocycles. The number of aliphatic carboxylic acids is 4. The van der Waals surface area contributed by atoms with E-state index in [1.165, 1.54) is 6.07 Å². The summed E-state index contributed by atoms with van der Waals surface area (Å²) in [6, 6.07) is 2.36. The van der Waals surface area contributed by atoms with Crippen molar-refractivity contribution in [1.82, 2.24) is 4.90 Å². The fourth-order valence-electron chi connectivity index (χ4n) is 2.76. The number of ether oxygens (including phenoxy) is 1. The van der Waals surface area contributed by atoms with Crippen molar-refractivity contribution in [3.8, 4) is 5.75 Å². The predicted octanol–water partition coefficient (Wildman–Crippen LogP) is 1.57. The molecule has 1 heterocycles. The molecule has 1 aliphatic rings. The molecule has 1 atom stereocenters. The number of carboxylic acid groups (broad SMARTS) is 4. The maximum absolute atomic E-state index is 13.3. The molecule has 0 saturated carbocycles. The molecule has 0 spiro atoms. The van der Waals surface area contributed by atoms with E-state index in [1.54, 1.807) is 0 Å². The third-order valence-corrected chi connectivity index (χ3v) is 4.24. The van der Waals surface area contributed by atoms with Gasteiger partial charge < -0.3 is 30.9 Å². The van der Waals surface area contributed by atoms with Gasteiger partial charge >= 0.3 is 23.9 Å². The standard InChI is InChI=1S/C14H20F2N2O.2C4H4O4/c1-2-19-14-6-13(16)12(15)5-11(14)9-18-4-3-10(7-17)8-18;2*5-3(6)1-2-4(7)8/h5-6,10H,2-4,7-9,17H2,1H3;2*1-2H,(H,5,6)(H,7,8)/b;2*2-1+/t10-;;/m1../s1. The Bertz CT molecular complexity index is 870. The van der Waals surface area contributed by atoms with E-state index in [0.29, 0.717) is 61.2 Å². The summed E-state index contributed by atoms with van der Waals surface area (Å²) in [5, 5.41) is 31.2. The molecule has 0 bridgehead atoms. The van der Waals surface area contributed by atoms with Crippen molar-refractivity contribution in [1.29, 1.82) is 0 Å². The van der Waals surface area contributed by atoms with Crippen LogP contribution < -0.4 is 10.5 Å². The van der Waals surface area contributed by atoms with Crippen LogP contribution in [-0.4, -0.2) is 75.4 Å². The molecule has 194 valence electrons. The van der Waals surface area contributed by atoms with Gasteiger partial charge in [-0.15, -0.1) is 0 Å². The van der Waals surface area contributed by atoms with E-state index in [-0.39, 0.29) is 0 Å². The average Bonchev–Trinajstić information content (AvgIpc) is 3.23. The Hall–Kier alpha value is -3.84. The van der Waals surface area contributed by atoms with Crippen LogP contribution in [0.5, 0.6) is 5.75 Å². The zero-order valence-electron chi connectivity index (χ0n) is 18.9. The van der Waals surface area contributed by atoms with E-state index in [4.69, 9.17) is 30.9 Å². The second-order valence-corrected chi connectivity index (χ2v) is 6.95. The summed E-state index contributed by atoms with van der Waals surface area (Å²) in [4.78, 5) is 40.4. The first-order valence-electron chi connectivity index (χ1n) is 10.2. The van der Waals surface area contributed by atoms with Gasteiger partial charge in [0.15, 0.2) is 11.6 Å². The van der Waals surface area contributed by atoms with Crippen molar-refractivity contribution in [2.24, 2.45) is 11.7 Å². The van der Waals surface area contributed by atoms with Crippen LogP contribution in [0.4, 0.5) is 8.78 Å². The number of carboxylic acids is 4. The molecule has 1 aromatic rings. The van der Waals surface area contributed by atoms with Crippen molar-refractivity contribution < 1.29 is 53.1 Å². The maximum atomic E-state index is 13.3. The number of hydrogen-bond acceptors (Lipinski definition) is 7. The second kappa shape index (κ2) is 16.7. The molecule has 6 N–H and O–H groups in total. The lowest BCUT2D eigenvalue weighted by Gasteiger charge is -2.18. The van der Waals surface area contributed by atoms with Gasteiger partial charge in [-0.1, -0.05) is 0 Å². The van der Waals surface area contributed by atoms with Crippen LogP contribution in [-0.2, 0) is 25.7 Å². The molecule has 13 heteroatoms. The molecule has 0 radical (unpaired) electrons. The van der Waals surface area contributed by atoms with Crippen LogP contribution in [0, 0.1) is 17.6 Å². The van der Waals surface area contributed by atoms with Crippen LogP contribution in [0.25, 0.3) is 0 Å². The number of hydrogen-bond donors (Lipinski definition) is 5. The number of halogens is 2. The fraction of sp³-hybridized carbons (Fsp3) is 0.364. The van der Waals surface area contributed by atoms with Crippen LogP contribution in [0.2, 0.25) is 0 Å². The molecular formula is C22H28F2N2O9. The molecular weight excluding hydrogens is 474 g/mol. The highest BCUT2D eigenvalue weighted by Gasteiger charge is 2.22. The third-order valence-electron chi connectivity index (χ3n) is 4.24. The zero-order valence-corrected chi connectivity index (χ0v) is 18.9. The van der Waals surface area contributed by atoms with Crippen molar-refractivity contribution in [2.45, 2.75) is 19.9 Å². The van der Waals surface area contributed by atoms with Gasteiger partial charge in [-0.2, -0.15) is 0 Å². The molecule has 1 aromatic carbocycles. The molecule has 0 aromatic heterocycles. The van der Waals surface area contributed by atoms with Gasteiger partial charge in [0.1, 0.15) is 5.75 Å². The Morgan fingerprint density at radius 3 is 1.80 bits per heavy atom. The normalized spacial score (nSPS) is 15.1. The van der Waals surface area contributed by atoms with Gasteiger partial charge in [-0.3, -0.25) is 4.90 Å². The van der Waals surface area contributed by atoms with E-state index in [0.717, 1.165) is 25.6 Å². The summed E-state index contributed by atoms with van der Waals surface area (Å²) in [5.41, 5.74) is 6.34. The Morgan fingerprint density at radius 2 is 1.43 bits per heavy atom. The van der Waals surface area contributed by atoms with Gasteiger partial charge in [-0.25, -0.2) is 28.0 Å². The highest BCUT2D eigenvalue weighted by Crippen LogP contribution is 2.26. The van der Waals surface area contributed by atoms with E-state index in [9.17, 15) is 28.0 Å². The van der Waals surface area contributed by atoms with Crippen molar-refractivity contribution in [3.05, 3.63) is 53.6 Å². The van der Waals surface area contributed by atoms with E-state index in [1.807, 2.05) is 6.92 Å². The summed E-state index contributed by atoms with van der Waals surface area (Å²) in [6.07, 6.45) is 3.29. The Balaban J connectivity index is 0.000000601. The summed E-state index contributed by atoms with van der Waals surface area (Å²) < 4.78 is 32.0. The SMILES string of the molecule is CCOc1cc(F)c(F)cc1CN1CC[C@H](CN)C1.O=C(O)/C=C/C(=O)O.O=C(O)/C=C/C(=O)O. The molecule has 11 nitrogen and oxygen atoms in total. The third kappa shape index (κ3) is 14.8. The van der Waals surface area contributed by atoms with Crippen molar-refractivity contribution in [2.75, 3.05) is 26.2 Å². The van der Waals surface area contributed by atoms with E-state index >= 15 is 0 Å². The Kier molecular flexibility index (Phi) is 14.9. The predicted molar refractivity (Wildman–Crippen MR) is 119 cm³/mol. The minimum absolute atomic E-state index is 0.428. The van der Waals surface area contributed by atoms with Gasteiger partial charge in [0, 0.05) is 49.0 Å². The quantitative estimate of drug-likeness (QED) is 0.308. The Labute approximate surface area is 199 Å². The highest BCUT2D eigenvalue weighted by atomic mass is 19.2. The lowest BCUT2D eigenvalue weighted by molar-refractivity contribution is -0.134. The summed E-state index contributed by atoms with van der Waals surface area (Å²) in [7, 11) is 0. The van der Waals surface area contributed by atoms with Crippen molar-refractivity contribution >= 4 is 23.9 Å². The zero-order chi connectivity index (χ0) is 27.0. The summed E-state index contributed by atoms with van der Waals surface area (Å²) in [5.74, 6) is -5.79. The van der Waals surface area contributed by atoms with Crippen molar-refractivity contribution in [3.63, 3.8) is 0 Å². The van der Waals surface area contributed by atoms with E-state index < -0.39 is 35.5 Å². The van der Waals surface area contributed by atoms with Gasteiger partial charge in [0.05, 0.1) is 6.61 Å². The lowest BCUT2D eigenvalue weighted by Crippen LogP contribution is -2.23. The summed E-state index contributed by atoms with van der Waals surface area (Å²) >= 11 is 0.